The number of carbonyl (C=O) groups is 2. The number of ether oxygens (including phenoxy) is 2. The lowest BCUT2D eigenvalue weighted by Crippen LogP contribution is -2.34. The molecule has 4 heteroatoms. The number of hydrogen-bond acceptors (Lipinski definition) is 4. The lowest BCUT2D eigenvalue weighted by molar-refractivity contribution is -0.149. The summed E-state index contributed by atoms with van der Waals surface area (Å²) in [4.78, 5) is 21.7. The Hall–Kier alpha value is -1.58. The predicted octanol–water partition coefficient (Wildman–Crippen LogP) is 2.39. The first-order chi connectivity index (χ1) is 8.31. The summed E-state index contributed by atoms with van der Waals surface area (Å²) in [6.45, 7) is 7.17. The van der Waals surface area contributed by atoms with Crippen LogP contribution in [-0.2, 0) is 19.1 Å². The van der Waals surface area contributed by atoms with E-state index in [1.807, 2.05) is 32.1 Å². The summed E-state index contributed by atoms with van der Waals surface area (Å²) in [6.07, 6.45) is 6.25. The van der Waals surface area contributed by atoms with Crippen molar-refractivity contribution in [1.82, 2.24) is 0 Å². The number of rotatable bonds is 3. The molecule has 1 aliphatic rings. The van der Waals surface area contributed by atoms with E-state index in [0.717, 1.165) is 12.0 Å². The minimum Gasteiger partial charge on any atom is -0.462 e. The van der Waals surface area contributed by atoms with Gasteiger partial charge in [-0.2, -0.15) is 0 Å². The fourth-order valence-corrected chi connectivity index (χ4v) is 1.94. The molecular weight excluding hydrogens is 232 g/mol. The van der Waals surface area contributed by atoms with Gasteiger partial charge in [-0.15, -0.1) is 0 Å². The molecule has 0 saturated carbocycles. The van der Waals surface area contributed by atoms with Crippen molar-refractivity contribution in [3.8, 4) is 0 Å². The van der Waals surface area contributed by atoms with E-state index in [1.54, 1.807) is 0 Å². The molecule has 0 aromatic heterocycles. The molecule has 18 heavy (non-hydrogen) atoms. The summed E-state index contributed by atoms with van der Waals surface area (Å²) < 4.78 is 10.1. The Morgan fingerprint density at radius 2 is 2.06 bits per heavy atom. The number of esters is 2. The molecule has 0 aromatic carbocycles. The lowest BCUT2D eigenvalue weighted by Gasteiger charge is -2.35. The summed E-state index contributed by atoms with van der Waals surface area (Å²) in [6, 6.07) is 0. The second-order valence-electron chi connectivity index (χ2n) is 5.14. The van der Waals surface area contributed by atoms with Gasteiger partial charge in [0.1, 0.15) is 12.7 Å². The fourth-order valence-electron chi connectivity index (χ4n) is 1.94. The van der Waals surface area contributed by atoms with Crippen molar-refractivity contribution in [2.24, 2.45) is 5.41 Å². The first-order valence-corrected chi connectivity index (χ1v) is 5.99. The first-order valence-electron chi connectivity index (χ1n) is 5.99. The van der Waals surface area contributed by atoms with Gasteiger partial charge in [-0.3, -0.25) is 9.59 Å². The van der Waals surface area contributed by atoms with Gasteiger partial charge in [-0.05, 0) is 24.1 Å². The largest absolute Gasteiger partial charge is 0.462 e. The zero-order valence-electron chi connectivity index (χ0n) is 11.4. The van der Waals surface area contributed by atoms with Gasteiger partial charge >= 0.3 is 11.9 Å². The van der Waals surface area contributed by atoms with Crippen molar-refractivity contribution in [3.63, 3.8) is 0 Å². The first kappa shape index (κ1) is 14.5. The zero-order chi connectivity index (χ0) is 13.8. The van der Waals surface area contributed by atoms with Crippen molar-refractivity contribution in [2.45, 2.75) is 40.2 Å². The van der Waals surface area contributed by atoms with E-state index in [1.165, 1.54) is 13.8 Å². The lowest BCUT2D eigenvalue weighted by atomic mass is 9.76. The average molecular weight is 252 g/mol. The Morgan fingerprint density at radius 1 is 1.39 bits per heavy atom. The Kier molecular flexibility index (Phi) is 4.70. The summed E-state index contributed by atoms with van der Waals surface area (Å²) in [7, 11) is 0. The molecule has 1 unspecified atom stereocenters. The molecule has 0 N–H and O–H groups in total. The summed E-state index contributed by atoms with van der Waals surface area (Å²) >= 11 is 0. The number of allylic oxidation sites excluding steroid dienone is 2. The van der Waals surface area contributed by atoms with Crippen LogP contribution in [0.15, 0.2) is 23.8 Å². The highest BCUT2D eigenvalue weighted by atomic mass is 16.5. The van der Waals surface area contributed by atoms with E-state index in [2.05, 4.69) is 0 Å². The van der Waals surface area contributed by atoms with Crippen LogP contribution in [0.25, 0.3) is 0 Å². The van der Waals surface area contributed by atoms with Gasteiger partial charge in [-0.25, -0.2) is 0 Å². The third kappa shape index (κ3) is 4.35. The standard InChI is InChI=1S/C14H20O4/c1-10(15)17-8-7-12-5-6-13(18-11(2)16)14(3,4)9-12/h5-7,13H,8-9H2,1-4H3/b12-7+. The molecular formula is C14H20O4. The third-order valence-electron chi connectivity index (χ3n) is 2.84. The van der Waals surface area contributed by atoms with Crippen LogP contribution < -0.4 is 0 Å². The van der Waals surface area contributed by atoms with Gasteiger partial charge < -0.3 is 9.47 Å². The highest BCUT2D eigenvalue weighted by Gasteiger charge is 2.33. The van der Waals surface area contributed by atoms with Crippen molar-refractivity contribution >= 4 is 11.9 Å². The Labute approximate surface area is 108 Å². The zero-order valence-corrected chi connectivity index (χ0v) is 11.4. The maximum Gasteiger partial charge on any atom is 0.303 e. The van der Waals surface area contributed by atoms with E-state index in [4.69, 9.17) is 9.47 Å². The third-order valence-corrected chi connectivity index (χ3v) is 2.84. The molecule has 0 saturated heterocycles. The Balaban J connectivity index is 2.68. The van der Waals surface area contributed by atoms with Crippen molar-refractivity contribution in [2.75, 3.05) is 6.61 Å². The van der Waals surface area contributed by atoms with Crippen molar-refractivity contribution in [3.05, 3.63) is 23.8 Å². The molecule has 1 rings (SSSR count). The van der Waals surface area contributed by atoms with Crippen LogP contribution in [0, 0.1) is 5.41 Å². The maximum atomic E-state index is 11.0. The topological polar surface area (TPSA) is 52.6 Å². The molecule has 1 aliphatic carbocycles. The quantitative estimate of drug-likeness (QED) is 0.724. The molecule has 0 aliphatic heterocycles. The van der Waals surface area contributed by atoms with Crippen LogP contribution >= 0.6 is 0 Å². The number of carbonyl (C=O) groups excluding carboxylic acids is 2. The van der Waals surface area contributed by atoms with Crippen LogP contribution in [-0.4, -0.2) is 24.6 Å². The fraction of sp³-hybridized carbons (Fsp3) is 0.571. The molecule has 0 fully saturated rings. The van der Waals surface area contributed by atoms with Gasteiger partial charge in [0.15, 0.2) is 0 Å². The summed E-state index contributed by atoms with van der Waals surface area (Å²) in [5.41, 5.74) is 0.937. The van der Waals surface area contributed by atoms with Crippen LogP contribution in [0.4, 0.5) is 0 Å². The monoisotopic (exact) mass is 252 g/mol. The van der Waals surface area contributed by atoms with Crippen molar-refractivity contribution in [1.29, 1.82) is 0 Å². The van der Waals surface area contributed by atoms with Crippen LogP contribution in [0.1, 0.15) is 34.1 Å². The normalized spacial score (nSPS) is 23.8. The molecule has 0 spiro atoms. The molecule has 0 aromatic rings. The molecule has 4 nitrogen and oxygen atoms in total. The van der Waals surface area contributed by atoms with E-state index < -0.39 is 0 Å². The summed E-state index contributed by atoms with van der Waals surface area (Å²) in [5.74, 6) is -0.561. The molecule has 0 radical (unpaired) electrons. The second-order valence-corrected chi connectivity index (χ2v) is 5.14. The van der Waals surface area contributed by atoms with Crippen LogP contribution in [0.2, 0.25) is 0 Å². The summed E-state index contributed by atoms with van der Waals surface area (Å²) in [5, 5.41) is 0. The second kappa shape index (κ2) is 5.85. The van der Waals surface area contributed by atoms with Gasteiger partial charge in [0.2, 0.25) is 0 Å². The smallest absolute Gasteiger partial charge is 0.303 e. The Morgan fingerprint density at radius 3 is 2.56 bits per heavy atom. The maximum absolute atomic E-state index is 11.0. The average Bonchev–Trinajstić information content (AvgIpc) is 2.20. The van der Waals surface area contributed by atoms with Gasteiger partial charge in [0.25, 0.3) is 0 Å². The minimum absolute atomic E-state index is 0.150. The molecule has 0 amide bonds. The van der Waals surface area contributed by atoms with Crippen LogP contribution in [0.5, 0.6) is 0 Å². The minimum atomic E-state index is -0.288. The Bertz CT molecular complexity index is 391. The molecule has 1 atom stereocenters. The van der Waals surface area contributed by atoms with E-state index in [0.29, 0.717) is 0 Å². The van der Waals surface area contributed by atoms with E-state index in [9.17, 15) is 9.59 Å². The van der Waals surface area contributed by atoms with Crippen molar-refractivity contribution < 1.29 is 19.1 Å². The molecule has 0 heterocycles. The molecule has 0 bridgehead atoms. The van der Waals surface area contributed by atoms with Gasteiger partial charge in [0, 0.05) is 19.3 Å². The number of hydrogen-bond donors (Lipinski definition) is 0. The highest BCUT2D eigenvalue weighted by molar-refractivity contribution is 5.66. The SMILES string of the molecule is CC(=O)OC/C=C1\C=CC(OC(C)=O)C(C)(C)C1. The van der Waals surface area contributed by atoms with Crippen LogP contribution in [0.3, 0.4) is 0 Å². The van der Waals surface area contributed by atoms with Gasteiger partial charge in [-0.1, -0.05) is 19.9 Å². The highest BCUT2D eigenvalue weighted by Crippen LogP contribution is 2.36. The van der Waals surface area contributed by atoms with E-state index >= 15 is 0 Å². The van der Waals surface area contributed by atoms with Gasteiger partial charge in [0.05, 0.1) is 0 Å². The molecule has 100 valence electrons. The predicted molar refractivity (Wildman–Crippen MR) is 67.8 cm³/mol. The van der Waals surface area contributed by atoms with E-state index in [-0.39, 0.29) is 30.1 Å².